The van der Waals surface area contributed by atoms with E-state index in [4.69, 9.17) is 20.1 Å². The molecule has 10 heavy (non-hydrogen) atoms. The molecule has 4 heteroatoms. The van der Waals surface area contributed by atoms with Crippen molar-refractivity contribution in [3.05, 3.63) is 0 Å². The fourth-order valence-corrected chi connectivity index (χ4v) is 1.04. The molecule has 0 bridgehead atoms. The van der Waals surface area contributed by atoms with Gasteiger partial charge in [0, 0.05) is 6.42 Å². The van der Waals surface area contributed by atoms with Gasteiger partial charge in [0.05, 0.1) is 12.2 Å². The predicted molar refractivity (Wildman–Crippen MR) is 33.2 cm³/mol. The Kier molecular flexibility index (Phi) is 2.25. The smallest absolute Gasteiger partial charge is 0.183 e. The van der Waals surface area contributed by atoms with Crippen molar-refractivity contribution in [3.8, 4) is 0 Å². The molecule has 3 N–H and O–H groups in total. The first-order chi connectivity index (χ1) is 4.61. The summed E-state index contributed by atoms with van der Waals surface area (Å²) in [7, 11) is 0. The molecule has 0 aromatic carbocycles. The molecular weight excluding hydrogens is 136 g/mol. The molecule has 60 valence electrons. The maximum absolute atomic E-state index is 9.03. The molecule has 0 saturated carbocycles. The van der Waals surface area contributed by atoms with Crippen LogP contribution in [0.25, 0.3) is 0 Å². The van der Waals surface area contributed by atoms with E-state index in [9.17, 15) is 0 Å². The van der Waals surface area contributed by atoms with E-state index >= 15 is 0 Å². The van der Waals surface area contributed by atoms with Crippen LogP contribution in [0.1, 0.15) is 13.3 Å². The second kappa shape index (κ2) is 2.84. The summed E-state index contributed by atoms with van der Waals surface area (Å²) in [4.78, 5) is 0. The molecular formula is C6H12O4. The number of hydrogen-bond acceptors (Lipinski definition) is 4. The van der Waals surface area contributed by atoms with Gasteiger partial charge in [-0.05, 0) is 6.92 Å². The second-order valence-electron chi connectivity index (χ2n) is 2.63. The van der Waals surface area contributed by atoms with Crippen molar-refractivity contribution in [3.63, 3.8) is 0 Å². The largest absolute Gasteiger partial charge is 0.390 e. The zero-order chi connectivity index (χ0) is 7.72. The first-order valence-electron chi connectivity index (χ1n) is 3.31. The molecule has 0 aromatic heterocycles. The third-order valence-corrected chi connectivity index (χ3v) is 1.63. The van der Waals surface area contributed by atoms with Crippen LogP contribution in [0.2, 0.25) is 0 Å². The van der Waals surface area contributed by atoms with Crippen molar-refractivity contribution in [2.24, 2.45) is 0 Å². The maximum Gasteiger partial charge on any atom is 0.183 e. The van der Waals surface area contributed by atoms with Crippen LogP contribution in [0.3, 0.4) is 0 Å². The zero-order valence-corrected chi connectivity index (χ0v) is 5.77. The first-order valence-corrected chi connectivity index (χ1v) is 3.31. The van der Waals surface area contributed by atoms with E-state index in [1.54, 1.807) is 6.92 Å². The van der Waals surface area contributed by atoms with E-state index < -0.39 is 18.5 Å². The Labute approximate surface area is 59.1 Å². The van der Waals surface area contributed by atoms with Gasteiger partial charge in [0.2, 0.25) is 0 Å². The Morgan fingerprint density at radius 1 is 1.30 bits per heavy atom. The fourth-order valence-electron chi connectivity index (χ4n) is 1.04. The summed E-state index contributed by atoms with van der Waals surface area (Å²) in [5.74, 6) is 0. The Morgan fingerprint density at radius 3 is 2.40 bits per heavy atom. The van der Waals surface area contributed by atoms with Gasteiger partial charge in [0.1, 0.15) is 6.10 Å². The van der Waals surface area contributed by atoms with Gasteiger partial charge >= 0.3 is 0 Å². The van der Waals surface area contributed by atoms with Gasteiger partial charge < -0.3 is 20.1 Å². The number of rotatable bonds is 0. The van der Waals surface area contributed by atoms with E-state index in [-0.39, 0.29) is 6.10 Å². The monoisotopic (exact) mass is 148 g/mol. The Hall–Kier alpha value is -0.160. The highest BCUT2D eigenvalue weighted by Gasteiger charge is 2.33. The average Bonchev–Trinajstić information content (AvgIpc) is 1.82. The van der Waals surface area contributed by atoms with E-state index in [0.717, 1.165) is 0 Å². The van der Waals surface area contributed by atoms with Crippen LogP contribution >= 0.6 is 0 Å². The van der Waals surface area contributed by atoms with Gasteiger partial charge in [-0.15, -0.1) is 0 Å². The Morgan fingerprint density at radius 2 is 1.90 bits per heavy atom. The highest BCUT2D eigenvalue weighted by Crippen LogP contribution is 2.17. The van der Waals surface area contributed by atoms with Crippen molar-refractivity contribution in [2.75, 3.05) is 0 Å². The van der Waals surface area contributed by atoms with Crippen LogP contribution in [0.4, 0.5) is 0 Å². The lowest BCUT2D eigenvalue weighted by molar-refractivity contribution is -0.242. The molecule has 0 spiro atoms. The molecule has 1 rings (SSSR count). The van der Waals surface area contributed by atoms with Crippen LogP contribution in [-0.4, -0.2) is 39.9 Å². The summed E-state index contributed by atoms with van der Waals surface area (Å²) >= 11 is 0. The van der Waals surface area contributed by atoms with Gasteiger partial charge in [0.25, 0.3) is 0 Å². The molecule has 1 aliphatic rings. The first kappa shape index (κ1) is 7.94. The topological polar surface area (TPSA) is 69.9 Å². The van der Waals surface area contributed by atoms with Gasteiger partial charge in [-0.25, -0.2) is 0 Å². The molecule has 0 aliphatic carbocycles. The number of ether oxygens (including phenoxy) is 1. The highest BCUT2D eigenvalue weighted by atomic mass is 16.6. The number of hydrogen-bond donors (Lipinski definition) is 3. The summed E-state index contributed by atoms with van der Waals surface area (Å²) in [6, 6.07) is 0. The molecule has 0 radical (unpaired) electrons. The van der Waals surface area contributed by atoms with Crippen LogP contribution in [0, 0.1) is 0 Å². The average molecular weight is 148 g/mol. The second-order valence-corrected chi connectivity index (χ2v) is 2.63. The van der Waals surface area contributed by atoms with Crippen molar-refractivity contribution >= 4 is 0 Å². The minimum Gasteiger partial charge on any atom is -0.390 e. The lowest BCUT2D eigenvalue weighted by Crippen LogP contribution is -2.47. The lowest BCUT2D eigenvalue weighted by atomic mass is 10.0. The third kappa shape index (κ3) is 1.46. The molecule has 1 aliphatic heterocycles. The molecule has 0 unspecified atom stereocenters. The third-order valence-electron chi connectivity index (χ3n) is 1.63. The van der Waals surface area contributed by atoms with Crippen LogP contribution in [0.5, 0.6) is 0 Å². The van der Waals surface area contributed by atoms with Crippen LogP contribution in [0.15, 0.2) is 0 Å². The van der Waals surface area contributed by atoms with Gasteiger partial charge in [-0.3, -0.25) is 0 Å². The quantitative estimate of drug-likeness (QED) is 0.405. The number of aliphatic hydroxyl groups is 3. The fraction of sp³-hybridized carbons (Fsp3) is 1.00. The number of aliphatic hydroxyl groups excluding tert-OH is 3. The summed E-state index contributed by atoms with van der Waals surface area (Å²) in [6.45, 7) is 1.73. The molecule has 1 heterocycles. The summed E-state index contributed by atoms with van der Waals surface area (Å²) in [5, 5.41) is 26.9. The molecule has 1 fully saturated rings. The molecule has 0 amide bonds. The highest BCUT2D eigenvalue weighted by molar-refractivity contribution is 4.77. The zero-order valence-electron chi connectivity index (χ0n) is 5.77. The Bertz CT molecular complexity index is 104. The van der Waals surface area contributed by atoms with Gasteiger partial charge in [-0.2, -0.15) is 0 Å². The van der Waals surface area contributed by atoms with E-state index in [1.165, 1.54) is 0 Å². The van der Waals surface area contributed by atoms with E-state index in [0.29, 0.717) is 6.42 Å². The van der Waals surface area contributed by atoms with Gasteiger partial charge in [-0.1, -0.05) is 0 Å². The normalized spacial score (nSPS) is 49.2. The predicted octanol–water partition coefficient (Wildman–Crippen LogP) is -1.16. The lowest BCUT2D eigenvalue weighted by Gasteiger charge is -2.32. The van der Waals surface area contributed by atoms with Crippen molar-refractivity contribution < 1.29 is 20.1 Å². The standard InChI is InChI=1S/C6H12O4/c1-3-2-4(7)5(8)6(9)10-3/h3-9H,2H2,1H3/t3-,4+,5+,6-/m1/s1. The summed E-state index contributed by atoms with van der Waals surface area (Å²) in [5.41, 5.74) is 0. The summed E-state index contributed by atoms with van der Waals surface area (Å²) < 4.78 is 4.81. The SMILES string of the molecule is C[C@@H]1C[C@H](O)[C@H](O)[C@H](O)O1. The Balaban J connectivity index is 2.49. The minimum atomic E-state index is -1.24. The molecule has 1 saturated heterocycles. The summed E-state index contributed by atoms with van der Waals surface area (Å²) in [6.07, 6.45) is -3.07. The van der Waals surface area contributed by atoms with E-state index in [1.807, 2.05) is 0 Å². The van der Waals surface area contributed by atoms with Crippen molar-refractivity contribution in [2.45, 2.75) is 37.9 Å². The van der Waals surface area contributed by atoms with Crippen LogP contribution < -0.4 is 0 Å². The van der Waals surface area contributed by atoms with Crippen LogP contribution in [-0.2, 0) is 4.74 Å². The van der Waals surface area contributed by atoms with E-state index in [2.05, 4.69) is 0 Å². The van der Waals surface area contributed by atoms with Gasteiger partial charge in [0.15, 0.2) is 6.29 Å². The molecule has 4 atom stereocenters. The minimum absolute atomic E-state index is 0.187. The maximum atomic E-state index is 9.03. The molecule has 0 aromatic rings. The molecule has 4 nitrogen and oxygen atoms in total. The van der Waals surface area contributed by atoms with Crippen molar-refractivity contribution in [1.29, 1.82) is 0 Å². The van der Waals surface area contributed by atoms with Crippen molar-refractivity contribution in [1.82, 2.24) is 0 Å².